The summed E-state index contributed by atoms with van der Waals surface area (Å²) in [4.78, 5) is 0. The Kier molecular flexibility index (Phi) is 2.59. The van der Waals surface area contributed by atoms with E-state index in [9.17, 15) is 0 Å². The smallest absolute Gasteiger partial charge is 0.145 e. The second kappa shape index (κ2) is 3.76. The van der Waals surface area contributed by atoms with Gasteiger partial charge in [-0.25, -0.2) is 0 Å². The van der Waals surface area contributed by atoms with Gasteiger partial charge in [0.25, 0.3) is 0 Å². The van der Waals surface area contributed by atoms with Crippen LogP contribution in [0, 0.1) is 26.7 Å². The van der Waals surface area contributed by atoms with Crippen LogP contribution >= 0.6 is 0 Å². The van der Waals surface area contributed by atoms with E-state index in [0.717, 1.165) is 18.9 Å². The highest BCUT2D eigenvalue weighted by Crippen LogP contribution is 2.36. The maximum Gasteiger partial charge on any atom is 0.145 e. The third kappa shape index (κ3) is 1.81. The molecule has 0 amide bonds. The lowest BCUT2D eigenvalue weighted by Crippen LogP contribution is -2.13. The maximum absolute atomic E-state index is 5.86. The zero-order chi connectivity index (χ0) is 11.0. The topological polar surface area (TPSA) is 21.3 Å². The molecular formula is C13H19NO. The van der Waals surface area contributed by atoms with Crippen molar-refractivity contribution in [2.75, 3.05) is 18.5 Å². The van der Waals surface area contributed by atoms with E-state index in [1.54, 1.807) is 0 Å². The molecule has 82 valence electrons. The molecule has 1 aliphatic heterocycles. The largest absolute Gasteiger partial charge is 0.491 e. The van der Waals surface area contributed by atoms with Gasteiger partial charge in [-0.15, -0.1) is 0 Å². The molecule has 0 aromatic heterocycles. The zero-order valence-electron chi connectivity index (χ0n) is 9.98. The number of hydrogen-bond acceptors (Lipinski definition) is 2. The number of aryl methyl sites for hydroxylation is 2. The van der Waals surface area contributed by atoms with E-state index < -0.39 is 0 Å². The van der Waals surface area contributed by atoms with Crippen LogP contribution in [0.1, 0.15) is 23.6 Å². The van der Waals surface area contributed by atoms with Crippen LogP contribution in [0.5, 0.6) is 5.75 Å². The number of rotatable bonds is 0. The van der Waals surface area contributed by atoms with E-state index in [-0.39, 0.29) is 0 Å². The van der Waals surface area contributed by atoms with Crippen molar-refractivity contribution < 1.29 is 4.74 Å². The first-order valence-corrected chi connectivity index (χ1v) is 5.57. The number of nitrogens with one attached hydrogen (secondary N) is 1. The lowest BCUT2D eigenvalue weighted by atomic mass is 10.0. The van der Waals surface area contributed by atoms with Crippen molar-refractivity contribution in [3.8, 4) is 5.75 Å². The zero-order valence-corrected chi connectivity index (χ0v) is 9.98. The highest BCUT2D eigenvalue weighted by molar-refractivity contribution is 5.67. The Morgan fingerprint density at radius 2 is 2.00 bits per heavy atom. The Balaban J connectivity index is 2.51. The molecular weight excluding hydrogens is 186 g/mol. The molecule has 1 heterocycles. The van der Waals surface area contributed by atoms with E-state index in [1.165, 1.54) is 22.4 Å². The summed E-state index contributed by atoms with van der Waals surface area (Å²) in [7, 11) is 0. The summed E-state index contributed by atoms with van der Waals surface area (Å²) in [6.45, 7) is 10.4. The van der Waals surface area contributed by atoms with Crippen molar-refractivity contribution in [2.24, 2.45) is 5.92 Å². The minimum atomic E-state index is 0.566. The van der Waals surface area contributed by atoms with Crippen molar-refractivity contribution in [1.29, 1.82) is 0 Å². The summed E-state index contributed by atoms with van der Waals surface area (Å²) in [6, 6.07) is 2.20. The van der Waals surface area contributed by atoms with Crippen LogP contribution in [0.15, 0.2) is 6.07 Å². The van der Waals surface area contributed by atoms with Crippen molar-refractivity contribution in [1.82, 2.24) is 0 Å². The second-order valence-corrected chi connectivity index (χ2v) is 4.64. The van der Waals surface area contributed by atoms with E-state index in [1.807, 2.05) is 0 Å². The van der Waals surface area contributed by atoms with Gasteiger partial charge in [-0.05, 0) is 37.5 Å². The molecule has 15 heavy (non-hydrogen) atoms. The SMILES string of the molecule is Cc1cc(C)c2c(c1C)NCC(C)CO2. The van der Waals surface area contributed by atoms with Crippen molar-refractivity contribution in [3.63, 3.8) is 0 Å². The van der Waals surface area contributed by atoms with Gasteiger partial charge in [0.1, 0.15) is 5.75 Å². The van der Waals surface area contributed by atoms with Crippen LogP contribution in [-0.2, 0) is 0 Å². The summed E-state index contributed by atoms with van der Waals surface area (Å²) < 4.78 is 5.86. The van der Waals surface area contributed by atoms with Gasteiger partial charge in [-0.3, -0.25) is 0 Å². The first-order valence-electron chi connectivity index (χ1n) is 5.57. The molecule has 1 aromatic rings. The van der Waals surface area contributed by atoms with Gasteiger partial charge in [0.05, 0.1) is 12.3 Å². The lowest BCUT2D eigenvalue weighted by Gasteiger charge is -2.15. The van der Waals surface area contributed by atoms with E-state index in [4.69, 9.17) is 4.74 Å². The van der Waals surface area contributed by atoms with Crippen molar-refractivity contribution in [3.05, 3.63) is 22.8 Å². The number of ether oxygens (including phenoxy) is 1. The molecule has 0 spiro atoms. The van der Waals surface area contributed by atoms with Crippen LogP contribution in [0.4, 0.5) is 5.69 Å². The highest BCUT2D eigenvalue weighted by Gasteiger charge is 2.17. The Bertz CT molecular complexity index is 385. The standard InChI is InChI=1S/C13H19NO/c1-8-6-14-12-11(4)9(2)5-10(3)13(12)15-7-8/h5,8,14H,6-7H2,1-4H3. The average Bonchev–Trinajstić information content (AvgIpc) is 2.38. The van der Waals surface area contributed by atoms with Crippen LogP contribution in [0.3, 0.4) is 0 Å². The predicted molar refractivity (Wildman–Crippen MR) is 63.8 cm³/mol. The molecule has 1 aliphatic rings. The number of benzene rings is 1. The molecule has 0 radical (unpaired) electrons. The average molecular weight is 205 g/mol. The fraction of sp³-hybridized carbons (Fsp3) is 0.538. The predicted octanol–water partition coefficient (Wildman–Crippen LogP) is 3.05. The Morgan fingerprint density at radius 1 is 1.27 bits per heavy atom. The van der Waals surface area contributed by atoms with Gasteiger partial charge in [0.15, 0.2) is 0 Å². The number of fused-ring (bicyclic) bond motifs is 1. The molecule has 0 fully saturated rings. The second-order valence-electron chi connectivity index (χ2n) is 4.64. The van der Waals surface area contributed by atoms with Crippen LogP contribution in [0.25, 0.3) is 0 Å². The minimum absolute atomic E-state index is 0.566. The van der Waals surface area contributed by atoms with Gasteiger partial charge in [0, 0.05) is 12.5 Å². The Labute approximate surface area is 91.6 Å². The van der Waals surface area contributed by atoms with E-state index in [0.29, 0.717) is 5.92 Å². The highest BCUT2D eigenvalue weighted by atomic mass is 16.5. The molecule has 0 aliphatic carbocycles. The first-order chi connectivity index (χ1) is 7.09. The van der Waals surface area contributed by atoms with Crippen molar-refractivity contribution in [2.45, 2.75) is 27.7 Å². The molecule has 2 nitrogen and oxygen atoms in total. The summed E-state index contributed by atoms with van der Waals surface area (Å²) in [5.74, 6) is 1.61. The summed E-state index contributed by atoms with van der Waals surface area (Å²) in [5.41, 5.74) is 5.06. The van der Waals surface area contributed by atoms with Gasteiger partial charge < -0.3 is 10.1 Å². The molecule has 0 saturated carbocycles. The van der Waals surface area contributed by atoms with Gasteiger partial charge in [-0.1, -0.05) is 13.0 Å². The Hall–Kier alpha value is -1.18. The molecule has 1 aromatic carbocycles. The third-order valence-corrected chi connectivity index (χ3v) is 3.12. The van der Waals surface area contributed by atoms with Gasteiger partial charge in [-0.2, -0.15) is 0 Å². The molecule has 1 atom stereocenters. The first kappa shape index (κ1) is 10.3. The van der Waals surface area contributed by atoms with E-state index >= 15 is 0 Å². The van der Waals surface area contributed by atoms with Gasteiger partial charge in [0.2, 0.25) is 0 Å². The summed E-state index contributed by atoms with van der Waals surface area (Å²) in [6.07, 6.45) is 0. The molecule has 1 N–H and O–H groups in total. The Morgan fingerprint density at radius 3 is 2.73 bits per heavy atom. The molecule has 2 heteroatoms. The van der Waals surface area contributed by atoms with Crippen LogP contribution in [-0.4, -0.2) is 13.2 Å². The van der Waals surface area contributed by atoms with E-state index in [2.05, 4.69) is 39.1 Å². The molecule has 0 bridgehead atoms. The quantitative estimate of drug-likeness (QED) is 0.703. The summed E-state index contributed by atoms with van der Waals surface area (Å²) >= 11 is 0. The fourth-order valence-corrected chi connectivity index (χ4v) is 2.02. The van der Waals surface area contributed by atoms with Gasteiger partial charge >= 0.3 is 0 Å². The molecule has 1 unspecified atom stereocenters. The summed E-state index contributed by atoms with van der Waals surface area (Å²) in [5, 5.41) is 3.50. The lowest BCUT2D eigenvalue weighted by molar-refractivity contribution is 0.274. The molecule has 0 saturated heterocycles. The normalized spacial score (nSPS) is 19.9. The molecule has 2 rings (SSSR count). The van der Waals surface area contributed by atoms with Crippen molar-refractivity contribution >= 4 is 5.69 Å². The van der Waals surface area contributed by atoms with Crippen LogP contribution < -0.4 is 10.1 Å². The fourth-order valence-electron chi connectivity index (χ4n) is 2.02. The monoisotopic (exact) mass is 205 g/mol. The minimum Gasteiger partial charge on any atom is -0.491 e. The number of anilines is 1. The third-order valence-electron chi connectivity index (χ3n) is 3.12. The number of hydrogen-bond donors (Lipinski definition) is 1. The maximum atomic E-state index is 5.86. The van der Waals surface area contributed by atoms with Crippen LogP contribution in [0.2, 0.25) is 0 Å².